The molecule has 2 aromatic rings. The monoisotopic (exact) mass is 278 g/mol. The van der Waals surface area contributed by atoms with Crippen molar-refractivity contribution in [2.24, 2.45) is 0 Å². The molecule has 0 fully saturated rings. The molecule has 2 nitrogen and oxygen atoms in total. The van der Waals surface area contributed by atoms with E-state index in [0.717, 1.165) is 12.0 Å². The van der Waals surface area contributed by atoms with Gasteiger partial charge in [0, 0.05) is 12.0 Å². The minimum atomic E-state index is -0.636. The van der Waals surface area contributed by atoms with Gasteiger partial charge in [0.25, 0.3) is 0 Å². The number of carbonyl (C=O) groups is 1. The van der Waals surface area contributed by atoms with Gasteiger partial charge in [-0.05, 0) is 36.5 Å². The maximum Gasteiger partial charge on any atom is 0.208 e. The Kier molecular flexibility index (Phi) is 5.75. The zero-order chi connectivity index (χ0) is 14.9. The molecule has 21 heavy (non-hydrogen) atoms. The summed E-state index contributed by atoms with van der Waals surface area (Å²) in [6, 6.07) is 19.3. The molecule has 0 spiro atoms. The van der Waals surface area contributed by atoms with E-state index in [2.05, 4.69) is 11.8 Å². The van der Waals surface area contributed by atoms with Crippen LogP contribution in [0.15, 0.2) is 60.7 Å². The molecule has 0 aliphatic rings. The Hall–Kier alpha value is -2.37. The molecule has 0 aliphatic heterocycles. The van der Waals surface area contributed by atoms with Crippen LogP contribution in [0.5, 0.6) is 0 Å². The Labute approximate surface area is 125 Å². The van der Waals surface area contributed by atoms with Crippen LogP contribution in [0, 0.1) is 11.8 Å². The lowest BCUT2D eigenvalue weighted by Crippen LogP contribution is -2.13. The molecule has 2 aromatic carbocycles. The highest BCUT2D eigenvalue weighted by molar-refractivity contribution is 5.96. The number of aryl methyl sites for hydroxylation is 1. The van der Waals surface area contributed by atoms with Gasteiger partial charge in [0.1, 0.15) is 0 Å². The molecule has 0 bridgehead atoms. The lowest BCUT2D eigenvalue weighted by molar-refractivity contribution is -0.115. The van der Waals surface area contributed by atoms with E-state index in [-0.39, 0.29) is 12.2 Å². The highest BCUT2D eigenvalue weighted by Gasteiger charge is 2.09. The first-order valence-electron chi connectivity index (χ1n) is 7.06. The first kappa shape index (κ1) is 15.0. The molecule has 1 atom stereocenters. The van der Waals surface area contributed by atoms with Gasteiger partial charge >= 0.3 is 0 Å². The summed E-state index contributed by atoms with van der Waals surface area (Å²) < 4.78 is 0. The summed E-state index contributed by atoms with van der Waals surface area (Å²) in [4.78, 5) is 11.7. The highest BCUT2D eigenvalue weighted by atomic mass is 16.3. The molecule has 0 saturated heterocycles. The van der Waals surface area contributed by atoms with Crippen LogP contribution in [0.1, 0.15) is 24.0 Å². The first-order valence-corrected chi connectivity index (χ1v) is 7.06. The summed E-state index contributed by atoms with van der Waals surface area (Å²) in [5.41, 5.74) is 1.98. The normalized spacial score (nSPS) is 11.3. The summed E-state index contributed by atoms with van der Waals surface area (Å²) in [6.07, 6.45) is 0.791. The number of ketones is 1. The van der Waals surface area contributed by atoms with Gasteiger partial charge in [-0.15, -0.1) is 0 Å². The van der Waals surface area contributed by atoms with E-state index < -0.39 is 6.10 Å². The summed E-state index contributed by atoms with van der Waals surface area (Å²) in [7, 11) is 0. The fourth-order valence-corrected chi connectivity index (χ4v) is 2.01. The van der Waals surface area contributed by atoms with Crippen LogP contribution < -0.4 is 0 Å². The van der Waals surface area contributed by atoms with Crippen molar-refractivity contribution in [1.29, 1.82) is 0 Å². The third kappa shape index (κ3) is 5.64. The predicted molar refractivity (Wildman–Crippen MR) is 83.7 cm³/mol. The van der Waals surface area contributed by atoms with Crippen LogP contribution in [0.3, 0.4) is 0 Å². The van der Waals surface area contributed by atoms with Crippen molar-refractivity contribution in [2.75, 3.05) is 0 Å². The lowest BCUT2D eigenvalue weighted by atomic mass is 10.0. The molecule has 0 heterocycles. The van der Waals surface area contributed by atoms with Crippen molar-refractivity contribution in [3.63, 3.8) is 0 Å². The van der Waals surface area contributed by atoms with E-state index in [9.17, 15) is 9.90 Å². The minimum Gasteiger partial charge on any atom is -0.393 e. The van der Waals surface area contributed by atoms with Gasteiger partial charge in [-0.1, -0.05) is 54.5 Å². The smallest absolute Gasteiger partial charge is 0.208 e. The lowest BCUT2D eigenvalue weighted by Gasteiger charge is -2.07. The van der Waals surface area contributed by atoms with Crippen molar-refractivity contribution in [3.05, 3.63) is 71.8 Å². The largest absolute Gasteiger partial charge is 0.393 e. The van der Waals surface area contributed by atoms with Gasteiger partial charge < -0.3 is 5.11 Å². The van der Waals surface area contributed by atoms with Gasteiger partial charge in [-0.25, -0.2) is 0 Å². The number of aliphatic hydroxyl groups is 1. The van der Waals surface area contributed by atoms with Gasteiger partial charge in [-0.3, -0.25) is 4.79 Å². The number of rotatable bonds is 5. The maximum atomic E-state index is 11.7. The third-order valence-electron chi connectivity index (χ3n) is 3.15. The van der Waals surface area contributed by atoms with Gasteiger partial charge in [0.05, 0.1) is 6.10 Å². The topological polar surface area (TPSA) is 37.3 Å². The molecule has 2 rings (SSSR count). The Morgan fingerprint density at radius 1 is 1.00 bits per heavy atom. The Morgan fingerprint density at radius 2 is 1.62 bits per heavy atom. The number of Topliss-reactive ketones (excluding diaryl/α,β-unsaturated/α-hetero) is 1. The average Bonchev–Trinajstić information content (AvgIpc) is 2.53. The van der Waals surface area contributed by atoms with Crippen molar-refractivity contribution < 1.29 is 9.90 Å². The van der Waals surface area contributed by atoms with E-state index in [1.807, 2.05) is 60.7 Å². The summed E-state index contributed by atoms with van der Waals surface area (Å²) >= 11 is 0. The van der Waals surface area contributed by atoms with Crippen molar-refractivity contribution in [3.8, 4) is 11.8 Å². The van der Waals surface area contributed by atoms with Gasteiger partial charge in [0.15, 0.2) is 0 Å². The molecule has 0 aliphatic carbocycles. The van der Waals surface area contributed by atoms with Crippen LogP contribution in [0.4, 0.5) is 0 Å². The summed E-state index contributed by atoms with van der Waals surface area (Å²) in [6.45, 7) is 0. The highest BCUT2D eigenvalue weighted by Crippen LogP contribution is 2.07. The Balaban J connectivity index is 1.79. The first-order chi connectivity index (χ1) is 10.2. The quantitative estimate of drug-likeness (QED) is 0.854. The zero-order valence-corrected chi connectivity index (χ0v) is 11.8. The molecular formula is C19H18O2. The van der Waals surface area contributed by atoms with Gasteiger partial charge in [0.2, 0.25) is 5.78 Å². The average molecular weight is 278 g/mol. The van der Waals surface area contributed by atoms with Crippen LogP contribution in [-0.4, -0.2) is 17.0 Å². The second-order valence-corrected chi connectivity index (χ2v) is 4.92. The van der Waals surface area contributed by atoms with E-state index in [1.165, 1.54) is 5.56 Å². The van der Waals surface area contributed by atoms with Crippen LogP contribution >= 0.6 is 0 Å². The Morgan fingerprint density at radius 3 is 2.29 bits per heavy atom. The minimum absolute atomic E-state index is 0.0899. The van der Waals surface area contributed by atoms with Crippen molar-refractivity contribution in [2.45, 2.75) is 25.4 Å². The van der Waals surface area contributed by atoms with E-state index >= 15 is 0 Å². The summed E-state index contributed by atoms with van der Waals surface area (Å²) in [5.74, 6) is 5.17. The van der Waals surface area contributed by atoms with E-state index in [4.69, 9.17) is 0 Å². The Bertz CT molecular complexity index is 621. The second-order valence-electron chi connectivity index (χ2n) is 4.92. The van der Waals surface area contributed by atoms with Crippen LogP contribution in [0.25, 0.3) is 0 Å². The molecule has 106 valence electrons. The van der Waals surface area contributed by atoms with Crippen molar-refractivity contribution in [1.82, 2.24) is 0 Å². The van der Waals surface area contributed by atoms with Crippen LogP contribution in [-0.2, 0) is 11.2 Å². The number of hydrogen-bond donors (Lipinski definition) is 1. The number of benzene rings is 2. The SMILES string of the molecule is O=C(C#Cc1ccccc1)C[C@@H](O)CCc1ccccc1. The molecule has 0 saturated carbocycles. The molecule has 0 amide bonds. The second kappa shape index (κ2) is 8.04. The standard InChI is InChI=1S/C19H18O2/c20-18(13-11-16-7-3-1-4-8-16)15-19(21)14-12-17-9-5-2-6-10-17/h1-10,18,20H,11,13,15H2/t18-/m0/s1. The molecule has 2 heteroatoms. The molecule has 0 aromatic heterocycles. The predicted octanol–water partition coefficient (Wildman–Crippen LogP) is 2.99. The fourth-order valence-electron chi connectivity index (χ4n) is 2.01. The number of aliphatic hydroxyl groups excluding tert-OH is 1. The fraction of sp³-hybridized carbons (Fsp3) is 0.211. The zero-order valence-electron chi connectivity index (χ0n) is 11.8. The molecular weight excluding hydrogens is 260 g/mol. The van der Waals surface area contributed by atoms with Crippen LogP contribution in [0.2, 0.25) is 0 Å². The third-order valence-corrected chi connectivity index (χ3v) is 3.15. The molecule has 0 radical (unpaired) electrons. The maximum absolute atomic E-state index is 11.7. The molecule has 1 N–H and O–H groups in total. The van der Waals surface area contributed by atoms with E-state index in [1.54, 1.807) is 0 Å². The number of hydrogen-bond acceptors (Lipinski definition) is 2. The van der Waals surface area contributed by atoms with E-state index in [0.29, 0.717) is 6.42 Å². The number of carbonyl (C=O) groups excluding carboxylic acids is 1. The molecule has 0 unspecified atom stereocenters. The van der Waals surface area contributed by atoms with Crippen molar-refractivity contribution >= 4 is 5.78 Å². The van der Waals surface area contributed by atoms with Gasteiger partial charge in [-0.2, -0.15) is 0 Å². The summed E-state index contributed by atoms with van der Waals surface area (Å²) in [5, 5.41) is 9.89.